The Bertz CT molecular complexity index is 563. The van der Waals surface area contributed by atoms with E-state index < -0.39 is 30.0 Å². The van der Waals surface area contributed by atoms with Gasteiger partial charge < -0.3 is 0 Å². The van der Waals surface area contributed by atoms with E-state index in [1.807, 2.05) is 0 Å². The second-order valence-corrected chi connectivity index (χ2v) is 6.42. The van der Waals surface area contributed by atoms with E-state index in [4.69, 9.17) is 0 Å². The average Bonchev–Trinajstić information content (AvgIpc) is 2.15. The number of rotatable bonds is 2. The molecule has 0 aliphatic rings. The Labute approximate surface area is 106 Å². The number of nitrogens with two attached hydrogens (primary N) is 2. The zero-order valence-electron chi connectivity index (χ0n) is 8.79. The molecular formula is C8H11IN2O5S. The molecule has 96 valence electrons. The van der Waals surface area contributed by atoms with Crippen LogP contribution in [0.25, 0.3) is 0 Å². The SMILES string of the molecule is CC(=O)c1ccccc1I(=O)=O.NS(N)(=O)=O. The van der Waals surface area contributed by atoms with Crippen molar-refractivity contribution in [3.8, 4) is 0 Å². The highest BCUT2D eigenvalue weighted by atomic mass is 127. The van der Waals surface area contributed by atoms with Crippen molar-refractivity contribution in [1.82, 2.24) is 0 Å². The quantitative estimate of drug-likeness (QED) is 0.570. The molecule has 1 aromatic carbocycles. The van der Waals surface area contributed by atoms with Gasteiger partial charge in [0, 0.05) is 5.56 Å². The van der Waals surface area contributed by atoms with Crippen molar-refractivity contribution < 1.29 is 19.4 Å². The van der Waals surface area contributed by atoms with E-state index in [1.54, 1.807) is 12.1 Å². The normalized spacial score (nSPS) is 10.6. The molecule has 7 nitrogen and oxygen atoms in total. The van der Waals surface area contributed by atoms with Crippen LogP contribution in [0.3, 0.4) is 0 Å². The number of hydrogen-bond acceptors (Lipinski definition) is 5. The van der Waals surface area contributed by atoms with E-state index in [0.29, 0.717) is 5.56 Å². The van der Waals surface area contributed by atoms with Gasteiger partial charge in [-0.25, -0.2) is 16.4 Å². The number of Topliss-reactive ketones (excluding diaryl/α,β-unsaturated/α-hetero) is 1. The Morgan fingerprint density at radius 2 is 1.59 bits per heavy atom. The molecule has 1 aromatic rings. The van der Waals surface area contributed by atoms with E-state index >= 15 is 0 Å². The molecule has 0 fully saturated rings. The Morgan fingerprint density at radius 3 is 1.88 bits per heavy atom. The molecule has 0 aliphatic heterocycles. The largest absolute Gasteiger partial charge is 0.341 e. The third-order valence-corrected chi connectivity index (χ3v) is 3.31. The number of carbonyl (C=O) groups excluding carboxylic acids is 1. The van der Waals surface area contributed by atoms with Crippen molar-refractivity contribution >= 4 is 35.8 Å². The molecule has 17 heavy (non-hydrogen) atoms. The maximum absolute atomic E-state index is 10.9. The first kappa shape index (κ1) is 16.1. The van der Waals surface area contributed by atoms with Crippen LogP contribution in [0.2, 0.25) is 0 Å². The molecule has 0 aliphatic carbocycles. The van der Waals surface area contributed by atoms with E-state index in [2.05, 4.69) is 10.3 Å². The molecule has 0 saturated heterocycles. The zero-order valence-corrected chi connectivity index (χ0v) is 11.8. The van der Waals surface area contributed by atoms with Crippen molar-refractivity contribution in [2.45, 2.75) is 6.92 Å². The van der Waals surface area contributed by atoms with Crippen LogP contribution in [-0.4, -0.2) is 14.2 Å². The fraction of sp³-hybridized carbons (Fsp3) is 0.125. The summed E-state index contributed by atoms with van der Waals surface area (Å²) < 4.78 is 40.0. The molecule has 0 unspecified atom stereocenters. The molecule has 0 aromatic heterocycles. The highest BCUT2D eigenvalue weighted by molar-refractivity contribution is 14.2. The molecule has 0 spiro atoms. The number of ketones is 1. The molecule has 4 N–H and O–H groups in total. The van der Waals surface area contributed by atoms with Crippen LogP contribution < -0.4 is 10.3 Å². The van der Waals surface area contributed by atoms with Gasteiger partial charge in [-0.1, -0.05) is 18.2 Å². The third kappa shape index (κ3) is 7.90. The second-order valence-electron chi connectivity index (χ2n) is 2.84. The van der Waals surface area contributed by atoms with Crippen LogP contribution >= 0.6 is 19.8 Å². The Balaban J connectivity index is 0.000000437. The Hall–Kier alpha value is -0.910. The molecule has 0 bridgehead atoms. The monoisotopic (exact) mass is 374 g/mol. The first-order valence-electron chi connectivity index (χ1n) is 4.08. The maximum Gasteiger partial charge on any atom is 0.341 e. The van der Waals surface area contributed by atoms with Gasteiger partial charge in [0.2, 0.25) is 0 Å². The van der Waals surface area contributed by atoms with Crippen LogP contribution in [0.15, 0.2) is 24.3 Å². The van der Waals surface area contributed by atoms with Gasteiger partial charge in [0.05, 0.1) is 3.57 Å². The van der Waals surface area contributed by atoms with Crippen molar-refractivity contribution in [1.29, 1.82) is 0 Å². The van der Waals surface area contributed by atoms with Gasteiger partial charge in [-0.15, -0.1) is 0 Å². The van der Waals surface area contributed by atoms with Crippen molar-refractivity contribution in [2.75, 3.05) is 0 Å². The molecule has 0 atom stereocenters. The minimum atomic E-state index is -3.67. The van der Waals surface area contributed by atoms with Gasteiger partial charge in [-0.05, 0) is 13.0 Å². The summed E-state index contributed by atoms with van der Waals surface area (Å²) >= 11 is -3.51. The predicted molar refractivity (Wildman–Crippen MR) is 67.8 cm³/mol. The van der Waals surface area contributed by atoms with Crippen LogP contribution in [0.5, 0.6) is 0 Å². The molecule has 9 heteroatoms. The summed E-state index contributed by atoms with van der Waals surface area (Å²) in [5.74, 6) is -0.209. The van der Waals surface area contributed by atoms with E-state index in [0.717, 1.165) is 0 Å². The minimum absolute atomic E-state index is 0.189. The number of benzene rings is 1. The number of hydrogen-bond donors (Lipinski definition) is 2. The lowest BCUT2D eigenvalue weighted by atomic mass is 10.2. The lowest BCUT2D eigenvalue weighted by Crippen LogP contribution is -2.21. The van der Waals surface area contributed by atoms with Crippen molar-refractivity contribution in [3.63, 3.8) is 0 Å². The molecule has 0 radical (unpaired) electrons. The molecule has 1 rings (SSSR count). The summed E-state index contributed by atoms with van der Waals surface area (Å²) in [6.45, 7) is 1.36. The maximum atomic E-state index is 10.9. The van der Waals surface area contributed by atoms with E-state index in [9.17, 15) is 19.4 Å². The molecule has 0 saturated carbocycles. The number of halogens is 1. The van der Waals surface area contributed by atoms with Crippen LogP contribution in [0.4, 0.5) is 0 Å². The van der Waals surface area contributed by atoms with Gasteiger partial charge in [0.1, 0.15) is 0 Å². The topological polar surface area (TPSA) is 137 Å². The first-order valence-corrected chi connectivity index (χ1v) is 8.53. The highest BCUT2D eigenvalue weighted by Crippen LogP contribution is 2.21. The fourth-order valence-electron chi connectivity index (χ4n) is 0.881. The van der Waals surface area contributed by atoms with E-state index in [1.165, 1.54) is 19.1 Å². The Morgan fingerprint density at radius 1 is 1.18 bits per heavy atom. The lowest BCUT2D eigenvalue weighted by molar-refractivity contribution is 0.101. The number of carbonyl (C=O) groups is 1. The molecule has 0 amide bonds. The van der Waals surface area contributed by atoms with Crippen LogP contribution in [-0.2, 0) is 16.3 Å². The smallest absolute Gasteiger partial charge is 0.294 e. The fourth-order valence-corrected chi connectivity index (χ4v) is 2.42. The lowest BCUT2D eigenvalue weighted by Gasteiger charge is -1.95. The summed E-state index contributed by atoms with van der Waals surface area (Å²) in [7, 11) is -3.67. The predicted octanol–water partition coefficient (Wildman–Crippen LogP) is 0.405. The summed E-state index contributed by atoms with van der Waals surface area (Å²) in [5.41, 5.74) is 0.299. The van der Waals surface area contributed by atoms with Gasteiger partial charge >= 0.3 is 19.8 Å². The zero-order chi connectivity index (χ0) is 13.6. The second kappa shape index (κ2) is 6.74. The van der Waals surface area contributed by atoms with Crippen LogP contribution in [0.1, 0.15) is 17.3 Å². The molecule has 0 heterocycles. The average molecular weight is 374 g/mol. The third-order valence-electron chi connectivity index (χ3n) is 1.42. The highest BCUT2D eigenvalue weighted by Gasteiger charge is 2.09. The van der Waals surface area contributed by atoms with E-state index in [-0.39, 0.29) is 9.35 Å². The summed E-state index contributed by atoms with van der Waals surface area (Å²) in [5, 5.41) is 8.21. The minimum Gasteiger partial charge on any atom is -0.294 e. The van der Waals surface area contributed by atoms with Gasteiger partial charge in [-0.2, -0.15) is 8.42 Å². The van der Waals surface area contributed by atoms with Gasteiger partial charge in [-0.3, -0.25) is 4.79 Å². The van der Waals surface area contributed by atoms with Gasteiger partial charge in [0.15, 0.2) is 5.78 Å². The van der Waals surface area contributed by atoms with Crippen molar-refractivity contribution in [2.24, 2.45) is 10.3 Å². The van der Waals surface area contributed by atoms with Gasteiger partial charge in [0.25, 0.3) is 10.2 Å². The van der Waals surface area contributed by atoms with Crippen LogP contribution in [0, 0.1) is 3.57 Å². The standard InChI is InChI=1S/C8H7IO3.H4N2O2S/c1-6(10)7-4-2-3-5-8(7)9(11)12;1-5(2,3)4/h2-5H,1H3;(H4,1,2,3,4). The summed E-state index contributed by atoms with van der Waals surface area (Å²) in [6, 6.07) is 6.25. The van der Waals surface area contributed by atoms with Crippen molar-refractivity contribution in [3.05, 3.63) is 33.4 Å². The first-order chi connectivity index (χ1) is 7.63. The summed E-state index contributed by atoms with van der Waals surface area (Å²) in [4.78, 5) is 10.9. The summed E-state index contributed by atoms with van der Waals surface area (Å²) in [6.07, 6.45) is 0. The molecular weight excluding hydrogens is 363 g/mol. The Kier molecular flexibility index (Phi) is 6.37.